The van der Waals surface area contributed by atoms with Gasteiger partial charge in [-0.15, -0.1) is 0 Å². The summed E-state index contributed by atoms with van der Waals surface area (Å²) in [5.74, 6) is -0.105. The van der Waals surface area contributed by atoms with Gasteiger partial charge in [0.2, 0.25) is 0 Å². The number of hydrogen-bond donors (Lipinski definition) is 1. The molecule has 1 N–H and O–H groups in total. The van der Waals surface area contributed by atoms with Crippen molar-refractivity contribution in [2.45, 2.75) is 64.1 Å². The number of nitrogens with one attached hydrogen (secondary N) is 1. The quantitative estimate of drug-likeness (QED) is 0.689. The Labute approximate surface area is 128 Å². The predicted octanol–water partition coefficient (Wildman–Crippen LogP) is 1.56. The second kappa shape index (κ2) is 7.56. The van der Waals surface area contributed by atoms with Gasteiger partial charge in [-0.2, -0.15) is 0 Å². The minimum absolute atomic E-state index is 0.105. The first-order valence-corrected chi connectivity index (χ1v) is 8.32. The molecule has 1 aliphatic heterocycles. The largest absolute Gasteiger partial charge is 0.465 e. The Morgan fingerprint density at radius 3 is 2.86 bits per heavy atom. The number of ether oxygens (including phenoxy) is 2. The zero-order chi connectivity index (χ0) is 15.3. The van der Waals surface area contributed by atoms with Crippen molar-refractivity contribution in [1.82, 2.24) is 10.2 Å². The maximum absolute atomic E-state index is 12.3. The molecular weight excluding hydrogens is 268 g/mol. The molecule has 0 aromatic heterocycles. The Balaban J connectivity index is 1.81. The van der Waals surface area contributed by atoms with Crippen molar-refractivity contribution in [1.29, 1.82) is 0 Å². The van der Waals surface area contributed by atoms with E-state index in [-0.39, 0.29) is 5.97 Å². The van der Waals surface area contributed by atoms with Gasteiger partial charge in [0.1, 0.15) is 5.54 Å². The van der Waals surface area contributed by atoms with Crippen molar-refractivity contribution < 1.29 is 14.3 Å². The predicted molar refractivity (Wildman–Crippen MR) is 82.3 cm³/mol. The maximum atomic E-state index is 12.3. The molecule has 1 heterocycles. The van der Waals surface area contributed by atoms with Crippen LogP contribution in [0, 0.1) is 0 Å². The Kier molecular flexibility index (Phi) is 6.02. The zero-order valence-electron chi connectivity index (χ0n) is 13.7. The molecule has 1 saturated heterocycles. The monoisotopic (exact) mass is 298 g/mol. The van der Waals surface area contributed by atoms with E-state index in [1.54, 1.807) is 0 Å². The lowest BCUT2D eigenvalue weighted by Gasteiger charge is -2.34. The highest BCUT2D eigenvalue weighted by atomic mass is 16.5. The van der Waals surface area contributed by atoms with Gasteiger partial charge >= 0.3 is 5.97 Å². The smallest absolute Gasteiger partial charge is 0.326 e. The third-order valence-electron chi connectivity index (χ3n) is 4.45. The van der Waals surface area contributed by atoms with Crippen LogP contribution < -0.4 is 5.32 Å². The Morgan fingerprint density at radius 1 is 1.48 bits per heavy atom. The molecule has 2 atom stereocenters. The molecule has 122 valence electrons. The maximum Gasteiger partial charge on any atom is 0.326 e. The van der Waals surface area contributed by atoms with Crippen LogP contribution in [0.1, 0.15) is 46.5 Å². The van der Waals surface area contributed by atoms with E-state index in [9.17, 15) is 4.79 Å². The van der Waals surface area contributed by atoms with Crippen LogP contribution in [0.15, 0.2) is 0 Å². The van der Waals surface area contributed by atoms with Gasteiger partial charge in [0, 0.05) is 18.6 Å². The van der Waals surface area contributed by atoms with Crippen molar-refractivity contribution in [3.05, 3.63) is 0 Å². The lowest BCUT2D eigenvalue weighted by Crippen LogP contribution is -2.52. The summed E-state index contributed by atoms with van der Waals surface area (Å²) in [6.07, 6.45) is 4.18. The molecule has 1 saturated carbocycles. The van der Waals surface area contributed by atoms with Crippen LogP contribution >= 0.6 is 0 Å². The Bertz CT molecular complexity index is 346. The minimum Gasteiger partial charge on any atom is -0.465 e. The third kappa shape index (κ3) is 4.94. The fraction of sp³-hybridized carbons (Fsp3) is 0.938. The van der Waals surface area contributed by atoms with Crippen LogP contribution in [0.3, 0.4) is 0 Å². The molecule has 0 aromatic rings. The molecule has 2 aliphatic rings. The summed E-state index contributed by atoms with van der Waals surface area (Å²) in [5, 5.41) is 3.48. The second-order valence-electron chi connectivity index (χ2n) is 6.53. The van der Waals surface area contributed by atoms with Crippen LogP contribution in [0.4, 0.5) is 0 Å². The number of esters is 1. The number of hydrogen-bond acceptors (Lipinski definition) is 5. The molecule has 5 nitrogen and oxygen atoms in total. The third-order valence-corrected chi connectivity index (χ3v) is 4.45. The molecule has 0 radical (unpaired) electrons. The fourth-order valence-corrected chi connectivity index (χ4v) is 2.93. The molecule has 0 bridgehead atoms. The lowest BCUT2D eigenvalue weighted by atomic mass is 9.95. The van der Waals surface area contributed by atoms with Gasteiger partial charge < -0.3 is 9.47 Å². The normalized spacial score (nSPS) is 26.3. The minimum atomic E-state index is -0.535. The molecule has 0 amide bonds. The van der Waals surface area contributed by atoms with Crippen LogP contribution in [-0.4, -0.2) is 61.4 Å². The van der Waals surface area contributed by atoms with Crippen molar-refractivity contribution in [2.24, 2.45) is 0 Å². The topological polar surface area (TPSA) is 50.8 Å². The van der Waals surface area contributed by atoms with Gasteiger partial charge in [-0.3, -0.25) is 15.0 Å². The highest BCUT2D eigenvalue weighted by molar-refractivity contribution is 5.80. The summed E-state index contributed by atoms with van der Waals surface area (Å²) in [6.45, 7) is 10.2. The van der Waals surface area contributed by atoms with Crippen LogP contribution in [0.2, 0.25) is 0 Å². The number of carbonyl (C=O) groups excluding carboxylic acids is 1. The average Bonchev–Trinajstić information content (AvgIpc) is 3.25. The van der Waals surface area contributed by atoms with Crippen LogP contribution in [0.5, 0.6) is 0 Å². The number of carbonyl (C=O) groups is 1. The Hall–Kier alpha value is -0.650. The van der Waals surface area contributed by atoms with E-state index in [2.05, 4.69) is 17.1 Å². The first kappa shape index (κ1) is 16.7. The molecule has 2 unspecified atom stereocenters. The molecule has 0 spiro atoms. The van der Waals surface area contributed by atoms with Gasteiger partial charge in [0.25, 0.3) is 0 Å². The zero-order valence-corrected chi connectivity index (χ0v) is 13.7. The highest BCUT2D eigenvalue weighted by Crippen LogP contribution is 2.26. The average molecular weight is 298 g/mol. The number of morpholine rings is 1. The molecule has 21 heavy (non-hydrogen) atoms. The van der Waals surface area contributed by atoms with E-state index in [0.717, 1.165) is 39.1 Å². The summed E-state index contributed by atoms with van der Waals surface area (Å²) >= 11 is 0. The van der Waals surface area contributed by atoms with Gasteiger partial charge in [0.05, 0.1) is 19.8 Å². The summed E-state index contributed by atoms with van der Waals surface area (Å²) in [5.41, 5.74) is -0.535. The summed E-state index contributed by atoms with van der Waals surface area (Å²) < 4.78 is 10.7. The van der Waals surface area contributed by atoms with Crippen molar-refractivity contribution >= 4 is 5.97 Å². The van der Waals surface area contributed by atoms with E-state index >= 15 is 0 Å². The highest BCUT2D eigenvalue weighted by Gasteiger charge is 2.39. The van der Waals surface area contributed by atoms with Crippen LogP contribution in [-0.2, 0) is 14.3 Å². The Morgan fingerprint density at radius 2 is 2.24 bits per heavy atom. The van der Waals surface area contributed by atoms with Crippen LogP contribution in [0.25, 0.3) is 0 Å². The number of rotatable bonds is 8. The standard InChI is InChI=1S/C16H30N2O3/c1-4-21-15(19)16(3,17-14-6-7-14)8-5-9-18-10-11-20-12-13(18)2/h13-14,17H,4-12H2,1-3H3. The van der Waals surface area contributed by atoms with Gasteiger partial charge in [0.15, 0.2) is 0 Å². The molecule has 1 aliphatic carbocycles. The first-order chi connectivity index (χ1) is 10.0. The van der Waals surface area contributed by atoms with Crippen molar-refractivity contribution in [2.75, 3.05) is 32.9 Å². The van der Waals surface area contributed by atoms with Gasteiger partial charge in [-0.25, -0.2) is 0 Å². The van der Waals surface area contributed by atoms with E-state index in [1.165, 1.54) is 12.8 Å². The van der Waals surface area contributed by atoms with Crippen molar-refractivity contribution in [3.8, 4) is 0 Å². The fourth-order valence-electron chi connectivity index (χ4n) is 2.93. The van der Waals surface area contributed by atoms with Gasteiger partial charge in [-0.1, -0.05) is 0 Å². The second-order valence-corrected chi connectivity index (χ2v) is 6.53. The van der Waals surface area contributed by atoms with E-state index in [0.29, 0.717) is 18.7 Å². The SMILES string of the molecule is CCOC(=O)C(C)(CCCN1CCOCC1C)NC1CC1. The van der Waals surface area contributed by atoms with Crippen molar-refractivity contribution in [3.63, 3.8) is 0 Å². The van der Waals surface area contributed by atoms with E-state index in [4.69, 9.17) is 9.47 Å². The first-order valence-electron chi connectivity index (χ1n) is 8.32. The molecule has 0 aromatic carbocycles. The summed E-state index contributed by atoms with van der Waals surface area (Å²) in [4.78, 5) is 14.7. The molecule has 2 fully saturated rings. The summed E-state index contributed by atoms with van der Waals surface area (Å²) in [7, 11) is 0. The lowest BCUT2D eigenvalue weighted by molar-refractivity contribution is -0.151. The number of nitrogens with zero attached hydrogens (tertiary/aromatic N) is 1. The van der Waals surface area contributed by atoms with E-state index in [1.807, 2.05) is 13.8 Å². The summed E-state index contributed by atoms with van der Waals surface area (Å²) in [6, 6.07) is 0.978. The molecule has 2 rings (SSSR count). The molecular formula is C16H30N2O3. The van der Waals surface area contributed by atoms with E-state index < -0.39 is 5.54 Å². The molecule has 5 heteroatoms. The van der Waals surface area contributed by atoms with Gasteiger partial charge in [-0.05, 0) is 53.0 Å².